The van der Waals surface area contributed by atoms with Gasteiger partial charge in [0.15, 0.2) is 0 Å². The number of nitrogens with zero attached hydrogens (tertiary/aromatic N) is 1. The Hall–Kier alpha value is -6.68. The molecule has 0 N–H and O–H groups in total. The molecule has 0 amide bonds. The highest BCUT2D eigenvalue weighted by molar-refractivity contribution is 7.26. The molecule has 0 saturated heterocycles. The molecule has 2 heterocycles. The van der Waals surface area contributed by atoms with Crippen molar-refractivity contribution in [1.29, 1.82) is 0 Å². The van der Waals surface area contributed by atoms with Crippen molar-refractivity contribution in [2.24, 2.45) is 0 Å². The molecule has 0 aliphatic carbocycles. The normalized spacial score (nSPS) is 11.8. The van der Waals surface area contributed by atoms with Crippen LogP contribution in [0.25, 0.3) is 85.9 Å². The molecular formula is C50H31NOS. The van der Waals surface area contributed by atoms with Crippen molar-refractivity contribution in [2.45, 2.75) is 0 Å². The van der Waals surface area contributed by atoms with Gasteiger partial charge in [-0.1, -0.05) is 133 Å². The van der Waals surface area contributed by atoms with Crippen molar-refractivity contribution in [3.63, 3.8) is 0 Å². The van der Waals surface area contributed by atoms with E-state index < -0.39 is 0 Å². The van der Waals surface area contributed by atoms with E-state index in [-0.39, 0.29) is 0 Å². The van der Waals surface area contributed by atoms with E-state index in [1.165, 1.54) is 64.0 Å². The van der Waals surface area contributed by atoms with Crippen LogP contribution in [-0.2, 0) is 0 Å². The Morgan fingerprint density at radius 3 is 1.96 bits per heavy atom. The van der Waals surface area contributed by atoms with Gasteiger partial charge in [-0.05, 0) is 98.4 Å². The lowest BCUT2D eigenvalue weighted by Crippen LogP contribution is -2.10. The van der Waals surface area contributed by atoms with E-state index in [1.807, 2.05) is 17.4 Å². The van der Waals surface area contributed by atoms with E-state index in [2.05, 4.69) is 187 Å². The van der Waals surface area contributed by atoms with Crippen molar-refractivity contribution < 1.29 is 4.42 Å². The SMILES string of the molecule is c1cc(-c2cc3ccccc3c3ccccc23)cc(N(c2ccc(-c3cccc4c3sc3ccccc34)cc2)c2cccc3oc4ccccc4c23)c1. The van der Waals surface area contributed by atoms with Crippen molar-refractivity contribution in [3.05, 3.63) is 188 Å². The first kappa shape index (κ1) is 30.0. The molecule has 53 heavy (non-hydrogen) atoms. The topological polar surface area (TPSA) is 16.4 Å². The number of thiophene rings is 1. The Morgan fingerprint density at radius 1 is 0.396 bits per heavy atom. The number of hydrogen-bond acceptors (Lipinski definition) is 3. The van der Waals surface area contributed by atoms with E-state index in [0.29, 0.717) is 0 Å². The van der Waals surface area contributed by atoms with Gasteiger partial charge in [0, 0.05) is 36.9 Å². The van der Waals surface area contributed by atoms with Crippen molar-refractivity contribution >= 4 is 92.1 Å². The molecule has 0 bridgehead atoms. The lowest BCUT2D eigenvalue weighted by atomic mass is 9.93. The van der Waals surface area contributed by atoms with Crippen LogP contribution in [0.1, 0.15) is 0 Å². The van der Waals surface area contributed by atoms with Crippen LogP contribution in [0.5, 0.6) is 0 Å². The molecule has 2 nitrogen and oxygen atoms in total. The molecule has 0 aliphatic rings. The van der Waals surface area contributed by atoms with Crippen LogP contribution in [0.15, 0.2) is 192 Å². The summed E-state index contributed by atoms with van der Waals surface area (Å²) in [7, 11) is 0. The maximum absolute atomic E-state index is 6.41. The molecule has 0 atom stereocenters. The summed E-state index contributed by atoms with van der Waals surface area (Å²) in [4.78, 5) is 2.39. The zero-order valence-corrected chi connectivity index (χ0v) is 29.5. The number of hydrogen-bond donors (Lipinski definition) is 0. The highest BCUT2D eigenvalue weighted by Crippen LogP contribution is 2.46. The third-order valence-electron chi connectivity index (χ3n) is 10.6. The first-order valence-corrected chi connectivity index (χ1v) is 18.8. The summed E-state index contributed by atoms with van der Waals surface area (Å²) in [5.74, 6) is 0. The fourth-order valence-corrected chi connectivity index (χ4v) is 9.48. The Kier molecular flexibility index (Phi) is 6.76. The Balaban J connectivity index is 1.11. The van der Waals surface area contributed by atoms with Gasteiger partial charge in [-0.15, -0.1) is 11.3 Å². The first-order chi connectivity index (χ1) is 26.3. The van der Waals surface area contributed by atoms with Gasteiger partial charge in [-0.2, -0.15) is 0 Å². The second kappa shape index (κ2) is 11.9. The van der Waals surface area contributed by atoms with Crippen LogP contribution in [0.3, 0.4) is 0 Å². The van der Waals surface area contributed by atoms with Crippen LogP contribution in [-0.4, -0.2) is 0 Å². The van der Waals surface area contributed by atoms with Crippen molar-refractivity contribution in [2.75, 3.05) is 4.90 Å². The molecule has 0 aliphatic heterocycles. The van der Waals surface area contributed by atoms with Gasteiger partial charge in [0.05, 0.1) is 11.1 Å². The number of benzene rings is 9. The maximum atomic E-state index is 6.41. The standard InChI is InChI=1S/C50H31NOS/c1-2-15-37-34(12-1)31-44(40-17-4-3-16-39(37)40)33-13-9-14-36(30-33)51(45-22-11-24-47-49(45)43-19-5-7-23-46(43)52-47)35-28-26-32(27-29-35)38-20-10-21-42-41-18-6-8-25-48(41)53-50(38)42/h1-31H. The predicted octanol–water partition coefficient (Wildman–Crippen LogP) is 15.1. The lowest BCUT2D eigenvalue weighted by Gasteiger charge is -2.27. The minimum absolute atomic E-state index is 0.874. The maximum Gasteiger partial charge on any atom is 0.137 e. The van der Waals surface area contributed by atoms with Gasteiger partial charge in [0.2, 0.25) is 0 Å². The molecule has 9 aromatic carbocycles. The Labute approximate surface area is 310 Å². The van der Waals surface area contributed by atoms with Gasteiger partial charge in [0.1, 0.15) is 11.2 Å². The monoisotopic (exact) mass is 693 g/mol. The smallest absolute Gasteiger partial charge is 0.137 e. The largest absolute Gasteiger partial charge is 0.456 e. The molecular weight excluding hydrogens is 663 g/mol. The number of rotatable bonds is 5. The third kappa shape index (κ3) is 4.78. The summed E-state index contributed by atoms with van der Waals surface area (Å²) in [5.41, 5.74) is 9.85. The zero-order chi connectivity index (χ0) is 34.9. The summed E-state index contributed by atoms with van der Waals surface area (Å²) in [6.45, 7) is 0. The number of para-hydroxylation sites is 1. The summed E-state index contributed by atoms with van der Waals surface area (Å²) < 4.78 is 9.05. The Bertz CT molecular complexity index is 3190. The number of furan rings is 1. The van der Waals surface area contributed by atoms with E-state index in [0.717, 1.165) is 39.0 Å². The molecule has 248 valence electrons. The van der Waals surface area contributed by atoms with E-state index in [9.17, 15) is 0 Å². The molecule has 0 spiro atoms. The predicted molar refractivity (Wildman–Crippen MR) is 227 cm³/mol. The molecule has 0 unspecified atom stereocenters. The molecule has 0 saturated carbocycles. The highest BCUT2D eigenvalue weighted by Gasteiger charge is 2.21. The fraction of sp³-hybridized carbons (Fsp3) is 0. The summed E-state index contributed by atoms with van der Waals surface area (Å²) in [5, 5.41) is 9.86. The second-order valence-electron chi connectivity index (χ2n) is 13.7. The van der Waals surface area contributed by atoms with E-state index >= 15 is 0 Å². The molecule has 2 aromatic heterocycles. The molecule has 11 rings (SSSR count). The van der Waals surface area contributed by atoms with Gasteiger partial charge in [-0.3, -0.25) is 0 Å². The van der Waals surface area contributed by atoms with Crippen molar-refractivity contribution in [3.8, 4) is 22.3 Å². The molecule has 0 radical (unpaired) electrons. The summed E-state index contributed by atoms with van der Waals surface area (Å²) >= 11 is 1.87. The number of fused-ring (bicyclic) bond motifs is 9. The van der Waals surface area contributed by atoms with Crippen LogP contribution in [0.2, 0.25) is 0 Å². The van der Waals surface area contributed by atoms with Crippen LogP contribution in [0.4, 0.5) is 17.1 Å². The van der Waals surface area contributed by atoms with Crippen LogP contribution < -0.4 is 4.90 Å². The molecule has 3 heteroatoms. The molecule has 0 fully saturated rings. The number of anilines is 3. The van der Waals surface area contributed by atoms with Crippen molar-refractivity contribution in [1.82, 2.24) is 0 Å². The van der Waals surface area contributed by atoms with Gasteiger partial charge >= 0.3 is 0 Å². The lowest BCUT2D eigenvalue weighted by molar-refractivity contribution is 0.669. The van der Waals surface area contributed by atoms with Crippen LogP contribution >= 0.6 is 11.3 Å². The third-order valence-corrected chi connectivity index (χ3v) is 11.9. The summed E-state index contributed by atoms with van der Waals surface area (Å²) in [6.07, 6.45) is 0. The van der Waals surface area contributed by atoms with E-state index in [4.69, 9.17) is 4.42 Å². The second-order valence-corrected chi connectivity index (χ2v) is 14.7. The highest BCUT2D eigenvalue weighted by atomic mass is 32.1. The average Bonchev–Trinajstić information content (AvgIpc) is 3.80. The quantitative estimate of drug-likeness (QED) is 0.167. The fourth-order valence-electron chi connectivity index (χ4n) is 8.24. The van der Waals surface area contributed by atoms with Gasteiger partial charge in [0.25, 0.3) is 0 Å². The van der Waals surface area contributed by atoms with Crippen LogP contribution in [0, 0.1) is 0 Å². The first-order valence-electron chi connectivity index (χ1n) is 18.0. The zero-order valence-electron chi connectivity index (χ0n) is 28.7. The van der Waals surface area contributed by atoms with Gasteiger partial charge in [-0.25, -0.2) is 0 Å². The minimum Gasteiger partial charge on any atom is -0.456 e. The minimum atomic E-state index is 0.874. The average molecular weight is 694 g/mol. The summed E-state index contributed by atoms with van der Waals surface area (Å²) in [6, 6.07) is 68.0. The van der Waals surface area contributed by atoms with Gasteiger partial charge < -0.3 is 9.32 Å². The molecule has 11 aromatic rings. The Morgan fingerprint density at radius 2 is 1.08 bits per heavy atom. The van der Waals surface area contributed by atoms with E-state index in [1.54, 1.807) is 0 Å².